The third kappa shape index (κ3) is 10.3. The van der Waals surface area contributed by atoms with Crippen LogP contribution in [0.1, 0.15) is 92.0 Å². The minimum absolute atomic E-state index is 0.0294. The van der Waals surface area contributed by atoms with Gasteiger partial charge in [0.1, 0.15) is 47.6 Å². The molecule has 5 aliphatic heterocycles. The predicted molar refractivity (Wildman–Crippen MR) is 272 cm³/mol. The Balaban J connectivity index is 1.09. The van der Waals surface area contributed by atoms with Gasteiger partial charge in [0.2, 0.25) is 11.6 Å². The number of aromatic hydroxyl groups is 1. The van der Waals surface area contributed by atoms with Crippen LogP contribution in [0.3, 0.4) is 0 Å². The number of allylic oxidation sites excluding steroid dienone is 4. The molecule has 1 amide bonds. The highest BCUT2D eigenvalue weighted by atomic mass is 16.7. The molecule has 6 heterocycles. The molecular formula is C54H64N6O16. The Kier molecular flexibility index (Phi) is 15.3. The highest BCUT2D eigenvalue weighted by Crippen LogP contribution is 2.49. The van der Waals surface area contributed by atoms with E-state index in [4.69, 9.17) is 28.4 Å². The number of carbonyl (C=O) groups is 5. The van der Waals surface area contributed by atoms with Crippen LogP contribution < -0.4 is 24.4 Å². The molecule has 1 aliphatic carbocycles. The molecule has 1 unspecified atom stereocenters. The third-order valence-corrected chi connectivity index (χ3v) is 15.0. The van der Waals surface area contributed by atoms with Crippen molar-refractivity contribution < 1.29 is 72.6 Å². The van der Waals surface area contributed by atoms with Crippen LogP contribution >= 0.6 is 0 Å². The van der Waals surface area contributed by atoms with Crippen molar-refractivity contribution in [3.8, 4) is 23.3 Å². The number of fused-ring (bicyclic) bond motifs is 15. The number of methoxy groups -OCH3 is 1. The number of hydrogen-bond acceptors (Lipinski definition) is 19. The summed E-state index contributed by atoms with van der Waals surface area (Å²) in [5.41, 5.74) is -1.72. The van der Waals surface area contributed by atoms with E-state index in [1.165, 1.54) is 59.4 Å². The highest BCUT2D eigenvalue weighted by molar-refractivity contribution is 6.32. The van der Waals surface area contributed by atoms with Gasteiger partial charge < -0.3 is 69.0 Å². The first-order valence-corrected chi connectivity index (χ1v) is 25.1. The summed E-state index contributed by atoms with van der Waals surface area (Å²) >= 11 is 0. The van der Waals surface area contributed by atoms with Crippen LogP contribution in [0.5, 0.6) is 23.3 Å². The van der Waals surface area contributed by atoms with Crippen molar-refractivity contribution in [1.29, 1.82) is 0 Å². The predicted octanol–water partition coefficient (Wildman–Crippen LogP) is 5.12. The number of piperazine rings is 1. The Morgan fingerprint density at radius 2 is 1.58 bits per heavy atom. The van der Waals surface area contributed by atoms with E-state index in [2.05, 4.69) is 15.2 Å². The lowest BCUT2D eigenvalue weighted by Gasteiger charge is -2.39. The van der Waals surface area contributed by atoms with E-state index in [1.807, 2.05) is 19.1 Å². The molecule has 22 heteroatoms. The molecule has 1 saturated heterocycles. The number of esters is 1. The number of nitrogens with one attached hydrogen (secondary N) is 1. The number of ether oxygens (including phenoxy) is 6. The number of nitro groups is 1. The number of benzene rings is 2. The van der Waals surface area contributed by atoms with E-state index < -0.39 is 116 Å². The summed E-state index contributed by atoms with van der Waals surface area (Å²) < 4.78 is 37.3. The summed E-state index contributed by atoms with van der Waals surface area (Å²) in [7, 11) is 1.42. The quantitative estimate of drug-likeness (QED) is 0.129. The molecule has 6 aliphatic rings. The number of amides is 1. The zero-order valence-electron chi connectivity index (χ0n) is 44.0. The van der Waals surface area contributed by atoms with E-state index in [1.54, 1.807) is 61.4 Å². The number of anilines is 1. The average molecular weight is 1050 g/mol. The molecule has 0 radical (unpaired) electrons. The van der Waals surface area contributed by atoms with Crippen molar-refractivity contribution in [2.24, 2.45) is 23.7 Å². The molecule has 4 N–H and O–H groups in total. The Hall–Kier alpha value is -7.56. The molecule has 0 spiro atoms. The normalized spacial score (nSPS) is 29.1. The fraction of sp³-hybridized carbons (Fsp3) is 0.481. The second-order valence-corrected chi connectivity index (χ2v) is 20.6. The Morgan fingerprint density at radius 3 is 2.21 bits per heavy atom. The number of ketones is 3. The molecule has 9 rings (SSSR count). The van der Waals surface area contributed by atoms with Crippen LogP contribution in [-0.4, -0.2) is 140 Å². The number of hydrogen-bond donors (Lipinski definition) is 4. The minimum Gasteiger partial charge on any atom is -0.507 e. The van der Waals surface area contributed by atoms with Crippen LogP contribution in [0, 0.1) is 40.7 Å². The Labute approximate surface area is 438 Å². The van der Waals surface area contributed by atoms with Crippen molar-refractivity contribution in [2.45, 2.75) is 105 Å². The molecule has 5 bridgehead atoms. The smallest absolute Gasteiger partial charge is 0.415 e. The van der Waals surface area contributed by atoms with Crippen molar-refractivity contribution >= 4 is 40.7 Å². The standard InChI is InChI=1S/C54H64N6O16/c1-27-12-11-13-28(2)51(68)56-41-42(58-21-19-57(20-22-58)34-14-16-35(17-15-34)72-26-53(8)25-59-24-37(60(69)70)55-52(59)76-53)47(66)38-39(46(41)65)45(64)32(6)49-40(38)50(67)54(9,75-49)73-23-18-36(71-10)29(3)48(74-33(7)61)31(5)44(63)30(4)43(27)62/h11-18,23-24,27,29-31,36,43-44,48,62-64H,19-22,25-26H2,1-10H3,(H,56,68)/t27-,29+,30+,31+,36-,43-,44+,48+,53?,54-/m0/s1. The topological polar surface area (TPSA) is 281 Å². The fourth-order valence-electron chi connectivity index (χ4n) is 10.5. The Morgan fingerprint density at radius 1 is 0.908 bits per heavy atom. The SMILES string of the molecule is CO[C@H]1C=CO[C@@]2(C)Oc3c(C)c(O)c4c(c3C2=O)C(=O)C(N2CCN(c3ccc(OCC5(C)Cn6cc([N+](=O)[O-])nc6O5)cc3)CC2)=C(NC(=O)C(C)=CC=C[C@H](C)[C@H](O)[C@@H](C)[C@@H](O)[C@@H](C)[C@H](OC(C)=O)[C@@H]1C)C4=O. The lowest BCUT2D eigenvalue weighted by molar-refractivity contribution is -0.389. The van der Waals surface area contributed by atoms with Gasteiger partial charge in [-0.15, -0.1) is 0 Å². The summed E-state index contributed by atoms with van der Waals surface area (Å²) in [6.45, 7) is 15.6. The second-order valence-electron chi connectivity index (χ2n) is 20.6. The van der Waals surface area contributed by atoms with Gasteiger partial charge in [-0.25, -0.2) is 0 Å². The van der Waals surface area contributed by atoms with Crippen molar-refractivity contribution in [2.75, 3.05) is 44.8 Å². The number of rotatable bonds is 8. The number of Topliss-reactive ketones (excluding diaryl/α,β-unsaturated/α-hetero) is 3. The molecule has 406 valence electrons. The maximum absolute atomic E-state index is 15.3. The van der Waals surface area contributed by atoms with Crippen molar-refractivity contribution in [3.05, 3.63) is 110 Å². The molecule has 76 heavy (non-hydrogen) atoms. The maximum Gasteiger partial charge on any atom is 0.415 e. The van der Waals surface area contributed by atoms with Crippen LogP contribution in [0.2, 0.25) is 0 Å². The third-order valence-electron chi connectivity index (χ3n) is 15.0. The zero-order valence-corrected chi connectivity index (χ0v) is 44.0. The number of nitrogens with zero attached hydrogens (tertiary/aromatic N) is 5. The van der Waals surface area contributed by atoms with Gasteiger partial charge >= 0.3 is 23.6 Å². The zero-order chi connectivity index (χ0) is 55.3. The number of aliphatic hydroxyl groups excluding tert-OH is 2. The van der Waals surface area contributed by atoms with Crippen molar-refractivity contribution in [1.82, 2.24) is 19.8 Å². The molecule has 0 saturated carbocycles. The van der Waals surface area contributed by atoms with Gasteiger partial charge in [0.05, 0.1) is 47.8 Å². The van der Waals surface area contributed by atoms with Gasteiger partial charge in [0, 0.05) is 92.6 Å². The summed E-state index contributed by atoms with van der Waals surface area (Å²) in [5, 5.41) is 48.7. The van der Waals surface area contributed by atoms with Gasteiger partial charge in [-0.3, -0.25) is 28.5 Å². The van der Waals surface area contributed by atoms with Gasteiger partial charge in [-0.1, -0.05) is 45.9 Å². The number of phenolic OH excluding ortho intramolecular Hbond substituents is 1. The average Bonchev–Trinajstić information content (AvgIpc) is 4.09. The first-order valence-electron chi connectivity index (χ1n) is 25.1. The number of aliphatic hydroxyl groups is 2. The van der Waals surface area contributed by atoms with Gasteiger partial charge in [0.15, 0.2) is 5.60 Å². The maximum atomic E-state index is 15.3. The highest BCUT2D eigenvalue weighted by Gasteiger charge is 2.53. The van der Waals surface area contributed by atoms with Crippen LogP contribution in [-0.2, 0) is 30.3 Å². The molecule has 1 aromatic heterocycles. The number of carbonyl (C=O) groups excluding carboxylic acids is 5. The first kappa shape index (κ1) is 54.7. The van der Waals surface area contributed by atoms with Crippen LogP contribution in [0.25, 0.3) is 0 Å². The summed E-state index contributed by atoms with van der Waals surface area (Å²) in [4.78, 5) is 89.7. The largest absolute Gasteiger partial charge is 0.507 e. The van der Waals surface area contributed by atoms with E-state index in [9.17, 15) is 44.6 Å². The number of imidazole rings is 1. The fourth-order valence-corrected chi connectivity index (χ4v) is 10.5. The van der Waals surface area contributed by atoms with E-state index in [-0.39, 0.29) is 59.7 Å². The lowest BCUT2D eigenvalue weighted by Crippen LogP contribution is -2.50. The number of phenols is 1. The summed E-state index contributed by atoms with van der Waals surface area (Å²) in [6.07, 6.45) is 4.58. The summed E-state index contributed by atoms with van der Waals surface area (Å²) in [6, 6.07) is 7.44. The summed E-state index contributed by atoms with van der Waals surface area (Å²) in [5.74, 6) is -9.30. The van der Waals surface area contributed by atoms with Gasteiger partial charge in [0.25, 0.3) is 11.7 Å². The molecule has 10 atom stereocenters. The van der Waals surface area contributed by atoms with E-state index in [0.29, 0.717) is 25.4 Å². The monoisotopic (exact) mass is 1050 g/mol. The van der Waals surface area contributed by atoms with Gasteiger partial charge in [-0.2, -0.15) is 0 Å². The number of aromatic nitrogens is 2. The van der Waals surface area contributed by atoms with Crippen LogP contribution in [0.4, 0.5) is 11.5 Å². The van der Waals surface area contributed by atoms with Gasteiger partial charge in [-0.05, 0) is 56.0 Å². The van der Waals surface area contributed by atoms with Crippen LogP contribution in [0.15, 0.2) is 78.0 Å². The molecule has 1 fully saturated rings. The molecule has 2 aromatic carbocycles. The first-order chi connectivity index (χ1) is 35.9. The van der Waals surface area contributed by atoms with E-state index in [0.717, 1.165) is 5.69 Å². The molecule has 3 aromatic rings. The van der Waals surface area contributed by atoms with E-state index >= 15 is 4.79 Å². The minimum atomic E-state index is -2.14. The molecular weight excluding hydrogens is 989 g/mol. The second kappa shape index (κ2) is 21.2. The molecule has 22 nitrogen and oxygen atoms in total. The van der Waals surface area contributed by atoms with Crippen molar-refractivity contribution in [3.63, 3.8) is 0 Å². The lowest BCUT2D eigenvalue weighted by atomic mass is 9.78. The Bertz CT molecular complexity index is 2950.